The number of carboxylic acids is 1. The highest BCUT2D eigenvalue weighted by Gasteiger charge is 2.20. The Hall–Kier alpha value is -1.64. The van der Waals surface area contributed by atoms with Gasteiger partial charge in [-0.05, 0) is 32.0 Å². The second-order valence-corrected chi connectivity index (χ2v) is 6.05. The van der Waals surface area contributed by atoms with Crippen LogP contribution in [0.2, 0.25) is 0 Å². The van der Waals surface area contributed by atoms with Crippen LogP contribution in [-0.4, -0.2) is 45.9 Å². The molecule has 0 aromatic heterocycles. The van der Waals surface area contributed by atoms with Crippen molar-refractivity contribution >= 4 is 16.0 Å². The van der Waals surface area contributed by atoms with Crippen LogP contribution in [-0.2, 0) is 14.8 Å². The third-order valence-corrected chi connectivity index (χ3v) is 4.14. The largest absolute Gasteiger partial charge is 0.496 e. The maximum absolute atomic E-state index is 12.1. The van der Waals surface area contributed by atoms with E-state index in [0.29, 0.717) is 6.61 Å². The number of sulfonamides is 1. The van der Waals surface area contributed by atoms with Crippen LogP contribution < -0.4 is 9.46 Å². The van der Waals surface area contributed by atoms with Crippen LogP contribution in [0.4, 0.5) is 0 Å². The van der Waals surface area contributed by atoms with Gasteiger partial charge in [-0.25, -0.2) is 17.9 Å². The molecule has 0 aliphatic carbocycles. The number of hydrogen-bond donors (Lipinski definition) is 2. The number of carbonyl (C=O) groups is 1. The van der Waals surface area contributed by atoms with Crippen molar-refractivity contribution in [1.82, 2.24) is 4.72 Å². The Kier molecular flexibility index (Phi) is 6.13. The fourth-order valence-corrected chi connectivity index (χ4v) is 2.82. The maximum atomic E-state index is 12.1. The Morgan fingerprint density at radius 2 is 2.10 bits per heavy atom. The fraction of sp³-hybridized carbons (Fsp3) is 0.462. The highest BCUT2D eigenvalue weighted by atomic mass is 32.2. The van der Waals surface area contributed by atoms with Crippen molar-refractivity contribution in [3.63, 3.8) is 0 Å². The van der Waals surface area contributed by atoms with Crippen molar-refractivity contribution in [2.75, 3.05) is 20.3 Å². The lowest BCUT2D eigenvalue weighted by Crippen LogP contribution is -2.32. The van der Waals surface area contributed by atoms with Gasteiger partial charge in [0.25, 0.3) is 0 Å². The van der Waals surface area contributed by atoms with Crippen molar-refractivity contribution in [3.8, 4) is 5.75 Å². The quantitative estimate of drug-likeness (QED) is 0.744. The van der Waals surface area contributed by atoms with Gasteiger partial charge in [0.05, 0.1) is 18.1 Å². The molecule has 118 valence electrons. The molecule has 2 N–H and O–H groups in total. The van der Waals surface area contributed by atoms with Gasteiger partial charge >= 0.3 is 5.97 Å². The predicted molar refractivity (Wildman–Crippen MR) is 76.2 cm³/mol. The SMILES string of the molecule is CCOC(C)CNS(=O)(=O)c1ccc(OC)c(C(=O)O)c1. The minimum Gasteiger partial charge on any atom is -0.496 e. The third kappa shape index (κ3) is 4.69. The Bertz CT molecular complexity index is 599. The summed E-state index contributed by atoms with van der Waals surface area (Å²) in [5.41, 5.74) is -0.210. The molecule has 0 aliphatic heterocycles. The van der Waals surface area contributed by atoms with E-state index in [1.54, 1.807) is 6.92 Å². The molecule has 0 fully saturated rings. The van der Waals surface area contributed by atoms with Crippen LogP contribution in [0.3, 0.4) is 0 Å². The minimum atomic E-state index is -3.80. The molecule has 1 rings (SSSR count). The Morgan fingerprint density at radius 3 is 2.62 bits per heavy atom. The number of nitrogens with one attached hydrogen (secondary N) is 1. The van der Waals surface area contributed by atoms with Crippen molar-refractivity contribution in [2.45, 2.75) is 24.8 Å². The van der Waals surface area contributed by atoms with Gasteiger partial charge in [0, 0.05) is 13.2 Å². The lowest BCUT2D eigenvalue weighted by Gasteiger charge is -2.13. The van der Waals surface area contributed by atoms with E-state index in [9.17, 15) is 13.2 Å². The summed E-state index contributed by atoms with van der Waals surface area (Å²) in [6, 6.07) is 3.66. The summed E-state index contributed by atoms with van der Waals surface area (Å²) in [5.74, 6) is -1.16. The molecule has 0 bridgehead atoms. The number of benzene rings is 1. The van der Waals surface area contributed by atoms with Crippen molar-refractivity contribution in [1.29, 1.82) is 0 Å². The number of rotatable bonds is 8. The molecule has 0 saturated carbocycles. The number of methoxy groups -OCH3 is 1. The van der Waals surface area contributed by atoms with Crippen molar-refractivity contribution in [2.24, 2.45) is 0 Å². The Labute approximate surface area is 123 Å². The van der Waals surface area contributed by atoms with E-state index < -0.39 is 16.0 Å². The lowest BCUT2D eigenvalue weighted by molar-refractivity contribution is 0.0692. The monoisotopic (exact) mass is 317 g/mol. The van der Waals surface area contributed by atoms with Crippen LogP contribution in [0, 0.1) is 0 Å². The zero-order valence-corrected chi connectivity index (χ0v) is 12.9. The Morgan fingerprint density at radius 1 is 1.43 bits per heavy atom. The van der Waals surface area contributed by atoms with Crippen LogP contribution >= 0.6 is 0 Å². The normalized spacial score (nSPS) is 12.9. The third-order valence-electron chi connectivity index (χ3n) is 2.72. The van der Waals surface area contributed by atoms with Gasteiger partial charge in [-0.3, -0.25) is 0 Å². The molecule has 0 amide bonds. The molecule has 0 radical (unpaired) electrons. The van der Waals surface area contributed by atoms with Gasteiger partial charge in [-0.15, -0.1) is 0 Å². The summed E-state index contributed by atoms with van der Waals surface area (Å²) < 4.78 is 36.7. The second kappa shape index (κ2) is 7.39. The van der Waals surface area contributed by atoms with Crippen LogP contribution in [0.5, 0.6) is 5.75 Å². The highest BCUT2D eigenvalue weighted by Crippen LogP contribution is 2.22. The molecule has 0 saturated heterocycles. The molecule has 7 nitrogen and oxygen atoms in total. The number of aromatic carboxylic acids is 1. The second-order valence-electron chi connectivity index (χ2n) is 4.29. The van der Waals surface area contributed by atoms with E-state index in [4.69, 9.17) is 14.6 Å². The molecule has 8 heteroatoms. The van der Waals surface area contributed by atoms with E-state index in [-0.39, 0.29) is 28.9 Å². The summed E-state index contributed by atoms with van der Waals surface area (Å²) in [6.45, 7) is 4.13. The summed E-state index contributed by atoms with van der Waals surface area (Å²) in [4.78, 5) is 11.0. The van der Waals surface area contributed by atoms with Gasteiger partial charge in [0.2, 0.25) is 10.0 Å². The van der Waals surface area contributed by atoms with E-state index in [1.165, 1.54) is 19.2 Å². The first kappa shape index (κ1) is 17.4. The zero-order chi connectivity index (χ0) is 16.0. The van der Waals surface area contributed by atoms with Gasteiger partial charge in [-0.1, -0.05) is 0 Å². The minimum absolute atomic E-state index is 0.101. The first-order valence-corrected chi connectivity index (χ1v) is 7.82. The Balaban J connectivity index is 2.98. The molecule has 1 atom stereocenters. The van der Waals surface area contributed by atoms with Gasteiger partial charge < -0.3 is 14.6 Å². The average molecular weight is 317 g/mol. The van der Waals surface area contributed by atoms with Gasteiger partial charge in [0.1, 0.15) is 11.3 Å². The maximum Gasteiger partial charge on any atom is 0.339 e. The van der Waals surface area contributed by atoms with Crippen LogP contribution in [0.15, 0.2) is 23.1 Å². The molecular formula is C13H19NO6S. The molecule has 21 heavy (non-hydrogen) atoms. The molecule has 1 aromatic carbocycles. The van der Waals surface area contributed by atoms with E-state index in [1.807, 2.05) is 6.92 Å². The summed E-state index contributed by atoms with van der Waals surface area (Å²) in [5, 5.41) is 9.06. The smallest absolute Gasteiger partial charge is 0.339 e. The first-order chi connectivity index (χ1) is 9.81. The standard InChI is InChI=1S/C13H19NO6S/c1-4-20-9(2)8-14-21(17,18)10-5-6-12(19-3)11(7-10)13(15)16/h5-7,9,14H,4,8H2,1-3H3,(H,15,16). The van der Waals surface area contributed by atoms with Gasteiger partial charge in [-0.2, -0.15) is 0 Å². The summed E-state index contributed by atoms with van der Waals surface area (Å²) in [7, 11) is -2.49. The van der Waals surface area contributed by atoms with E-state index in [0.717, 1.165) is 6.07 Å². The molecule has 1 unspecified atom stereocenters. The molecular weight excluding hydrogens is 298 g/mol. The van der Waals surface area contributed by atoms with Gasteiger partial charge in [0.15, 0.2) is 0 Å². The van der Waals surface area contributed by atoms with E-state index >= 15 is 0 Å². The lowest BCUT2D eigenvalue weighted by atomic mass is 10.2. The van der Waals surface area contributed by atoms with E-state index in [2.05, 4.69) is 4.72 Å². The topological polar surface area (TPSA) is 102 Å². The number of ether oxygens (including phenoxy) is 2. The molecule has 0 heterocycles. The van der Waals surface area contributed by atoms with Crippen LogP contribution in [0.1, 0.15) is 24.2 Å². The predicted octanol–water partition coefficient (Wildman–Crippen LogP) is 1.10. The molecule has 1 aromatic rings. The fourth-order valence-electron chi connectivity index (χ4n) is 1.68. The first-order valence-electron chi connectivity index (χ1n) is 6.34. The molecule has 0 aliphatic rings. The molecule has 0 spiro atoms. The number of carboxylic acid groups (broad SMARTS) is 1. The van der Waals surface area contributed by atoms with Crippen LogP contribution in [0.25, 0.3) is 0 Å². The summed E-state index contributed by atoms with van der Waals surface area (Å²) >= 11 is 0. The summed E-state index contributed by atoms with van der Waals surface area (Å²) in [6.07, 6.45) is -0.276. The van der Waals surface area contributed by atoms with Crippen molar-refractivity contribution in [3.05, 3.63) is 23.8 Å². The number of hydrogen-bond acceptors (Lipinski definition) is 5. The van der Waals surface area contributed by atoms with Crippen molar-refractivity contribution < 1.29 is 27.8 Å². The average Bonchev–Trinajstić information content (AvgIpc) is 2.44. The zero-order valence-electron chi connectivity index (χ0n) is 12.1. The highest BCUT2D eigenvalue weighted by molar-refractivity contribution is 7.89.